The van der Waals surface area contributed by atoms with E-state index in [0.29, 0.717) is 12.2 Å². The van der Waals surface area contributed by atoms with Crippen molar-refractivity contribution in [3.63, 3.8) is 0 Å². The summed E-state index contributed by atoms with van der Waals surface area (Å²) in [4.78, 5) is 10.9. The lowest BCUT2D eigenvalue weighted by Gasteiger charge is -2.24. The van der Waals surface area contributed by atoms with Crippen molar-refractivity contribution in [1.29, 1.82) is 0 Å². The van der Waals surface area contributed by atoms with Crippen molar-refractivity contribution < 1.29 is 14.3 Å². The minimum Gasteiger partial charge on any atom is -0.455 e. The third kappa shape index (κ3) is 1.42. The molecule has 1 heterocycles. The Hall–Kier alpha value is -1.25. The second-order valence-corrected chi connectivity index (χ2v) is 2.26. The van der Waals surface area contributed by atoms with Gasteiger partial charge in [-0.15, -0.1) is 0 Å². The predicted octanol–water partition coefficient (Wildman–Crippen LogP) is 1.37. The summed E-state index contributed by atoms with van der Waals surface area (Å²) in [6.45, 7) is 8.83. The molecule has 0 amide bonds. The lowest BCUT2D eigenvalue weighted by molar-refractivity contribution is -0.175. The molecular weight excluding hydrogens is 144 g/mol. The van der Waals surface area contributed by atoms with Gasteiger partial charge in [-0.25, -0.2) is 4.79 Å². The van der Waals surface area contributed by atoms with E-state index in [2.05, 4.69) is 13.2 Å². The molecule has 1 atom stereocenters. The normalized spacial score (nSPS) is 24.5. The van der Waals surface area contributed by atoms with Crippen LogP contribution in [0.25, 0.3) is 0 Å². The molecule has 0 saturated carbocycles. The highest BCUT2D eigenvalue weighted by Crippen LogP contribution is 2.20. The summed E-state index contributed by atoms with van der Waals surface area (Å²) in [5.74, 6) is -0.124. The van der Waals surface area contributed by atoms with Crippen molar-refractivity contribution in [1.82, 2.24) is 0 Å². The molecule has 0 N–H and O–H groups in total. The number of hydrogen-bond acceptors (Lipinski definition) is 3. The van der Waals surface area contributed by atoms with E-state index in [1.807, 2.05) is 6.92 Å². The summed E-state index contributed by atoms with van der Waals surface area (Å²) >= 11 is 0. The van der Waals surface area contributed by atoms with Gasteiger partial charge in [0, 0.05) is 6.42 Å². The highest BCUT2D eigenvalue weighted by atomic mass is 16.7. The van der Waals surface area contributed by atoms with Crippen molar-refractivity contribution in [2.75, 3.05) is 0 Å². The third-order valence-electron chi connectivity index (χ3n) is 1.43. The van der Waals surface area contributed by atoms with Gasteiger partial charge in [-0.3, -0.25) is 0 Å². The van der Waals surface area contributed by atoms with E-state index in [4.69, 9.17) is 9.47 Å². The van der Waals surface area contributed by atoms with Gasteiger partial charge in [-0.05, 0) is 0 Å². The first-order valence-corrected chi connectivity index (χ1v) is 3.41. The molecule has 3 nitrogen and oxygen atoms in total. The van der Waals surface area contributed by atoms with Gasteiger partial charge in [-0.2, -0.15) is 0 Å². The number of carbonyl (C=O) groups excluding carboxylic acids is 1. The molecule has 1 saturated heterocycles. The summed E-state index contributed by atoms with van der Waals surface area (Å²) < 4.78 is 9.88. The Morgan fingerprint density at radius 3 is 2.55 bits per heavy atom. The van der Waals surface area contributed by atoms with Crippen molar-refractivity contribution >= 4 is 5.97 Å². The Balaban J connectivity index is 2.70. The fourth-order valence-electron chi connectivity index (χ4n) is 0.725. The summed E-state index contributed by atoms with van der Waals surface area (Å²) in [6, 6.07) is 0. The first kappa shape index (κ1) is 7.85. The molecule has 1 aliphatic rings. The van der Waals surface area contributed by atoms with Crippen molar-refractivity contribution in [2.45, 2.75) is 19.6 Å². The first-order chi connectivity index (χ1) is 5.15. The highest BCUT2D eigenvalue weighted by Gasteiger charge is 2.25. The van der Waals surface area contributed by atoms with Gasteiger partial charge in [-0.1, -0.05) is 20.1 Å². The lowest BCUT2D eigenvalue weighted by atomic mass is 10.2. The van der Waals surface area contributed by atoms with Gasteiger partial charge in [0.05, 0.1) is 5.57 Å². The van der Waals surface area contributed by atoms with E-state index in [1.165, 1.54) is 0 Å². The number of esters is 1. The summed E-state index contributed by atoms with van der Waals surface area (Å²) in [7, 11) is 0. The van der Waals surface area contributed by atoms with Crippen LogP contribution in [0.2, 0.25) is 0 Å². The van der Waals surface area contributed by atoms with Crippen LogP contribution >= 0.6 is 0 Å². The molecule has 0 spiro atoms. The minimum absolute atomic E-state index is 0.203. The Morgan fingerprint density at radius 1 is 1.45 bits per heavy atom. The van der Waals surface area contributed by atoms with Crippen molar-refractivity contribution in [3.05, 3.63) is 24.5 Å². The van der Waals surface area contributed by atoms with Gasteiger partial charge in [0.2, 0.25) is 6.29 Å². The Morgan fingerprint density at radius 2 is 2.09 bits per heavy atom. The molecule has 1 rings (SSSR count). The maximum atomic E-state index is 10.9. The summed E-state index contributed by atoms with van der Waals surface area (Å²) in [6.07, 6.45) is 0.137. The maximum Gasteiger partial charge on any atom is 0.344 e. The quantitative estimate of drug-likeness (QED) is 0.422. The number of ether oxygens (including phenoxy) is 2. The number of carbonyl (C=O) groups is 1. The van der Waals surface area contributed by atoms with E-state index < -0.39 is 12.3 Å². The molecule has 0 bridgehead atoms. The van der Waals surface area contributed by atoms with E-state index in [9.17, 15) is 4.79 Å². The van der Waals surface area contributed by atoms with Crippen LogP contribution in [0.4, 0.5) is 0 Å². The largest absolute Gasteiger partial charge is 0.455 e. The van der Waals surface area contributed by atoms with Crippen molar-refractivity contribution in [3.8, 4) is 0 Å². The average Bonchev–Trinajstić information content (AvgIpc) is 1.99. The summed E-state index contributed by atoms with van der Waals surface area (Å²) in [5.41, 5.74) is 0.203. The van der Waals surface area contributed by atoms with E-state index in [0.717, 1.165) is 0 Å². The van der Waals surface area contributed by atoms with E-state index in [-0.39, 0.29) is 5.57 Å². The molecule has 60 valence electrons. The average molecular weight is 154 g/mol. The highest BCUT2D eigenvalue weighted by molar-refractivity contribution is 5.92. The zero-order chi connectivity index (χ0) is 8.43. The van der Waals surface area contributed by atoms with Gasteiger partial charge in [0.15, 0.2) is 0 Å². The van der Waals surface area contributed by atoms with Crippen LogP contribution in [0.5, 0.6) is 0 Å². The summed E-state index contributed by atoms with van der Waals surface area (Å²) in [5, 5.41) is 0. The van der Waals surface area contributed by atoms with Gasteiger partial charge >= 0.3 is 5.97 Å². The minimum atomic E-state index is -0.486. The monoisotopic (exact) mass is 154 g/mol. The molecule has 0 aliphatic carbocycles. The maximum absolute atomic E-state index is 10.9. The van der Waals surface area contributed by atoms with E-state index >= 15 is 0 Å². The Bertz CT molecular complexity index is 197. The topological polar surface area (TPSA) is 35.5 Å². The van der Waals surface area contributed by atoms with Gasteiger partial charge < -0.3 is 9.47 Å². The molecule has 1 aliphatic heterocycles. The fourth-order valence-corrected chi connectivity index (χ4v) is 0.725. The van der Waals surface area contributed by atoms with Crippen LogP contribution in [0.3, 0.4) is 0 Å². The number of rotatable bonds is 1. The number of cyclic esters (lactones) is 1. The van der Waals surface area contributed by atoms with Crippen LogP contribution in [0.15, 0.2) is 24.5 Å². The first-order valence-electron chi connectivity index (χ1n) is 3.41. The van der Waals surface area contributed by atoms with Gasteiger partial charge in [0.25, 0.3) is 0 Å². The van der Waals surface area contributed by atoms with Crippen LogP contribution in [0.1, 0.15) is 13.3 Å². The molecular formula is C8H10O3. The Kier molecular flexibility index (Phi) is 1.98. The third-order valence-corrected chi connectivity index (χ3v) is 1.43. The molecule has 0 aromatic carbocycles. The van der Waals surface area contributed by atoms with Crippen LogP contribution in [-0.4, -0.2) is 12.3 Å². The standard InChI is InChI=1S/C8H10O3/c1-4-7-10-6(3)5(2)8(9)11-7/h7H,2-4H2,1H3. The molecule has 3 heteroatoms. The molecule has 1 fully saturated rings. The lowest BCUT2D eigenvalue weighted by Crippen LogP contribution is -2.28. The van der Waals surface area contributed by atoms with Crippen LogP contribution in [-0.2, 0) is 14.3 Å². The SMILES string of the molecule is C=C1OC(CC)OC(=O)C1=C. The second-order valence-electron chi connectivity index (χ2n) is 2.26. The second kappa shape index (κ2) is 2.78. The van der Waals surface area contributed by atoms with E-state index in [1.54, 1.807) is 0 Å². The predicted molar refractivity (Wildman–Crippen MR) is 39.5 cm³/mol. The zero-order valence-electron chi connectivity index (χ0n) is 6.42. The molecule has 1 unspecified atom stereocenters. The van der Waals surface area contributed by atoms with Crippen LogP contribution < -0.4 is 0 Å². The fraction of sp³-hybridized carbons (Fsp3) is 0.375. The van der Waals surface area contributed by atoms with Crippen molar-refractivity contribution in [2.24, 2.45) is 0 Å². The molecule has 0 aromatic rings. The van der Waals surface area contributed by atoms with Gasteiger partial charge in [0.1, 0.15) is 5.76 Å². The Labute approximate surface area is 65.3 Å². The van der Waals surface area contributed by atoms with Crippen LogP contribution in [0, 0.1) is 0 Å². The molecule has 11 heavy (non-hydrogen) atoms. The molecule has 0 aromatic heterocycles. The smallest absolute Gasteiger partial charge is 0.344 e. The number of hydrogen-bond donors (Lipinski definition) is 0. The zero-order valence-corrected chi connectivity index (χ0v) is 6.42. The molecule has 0 radical (unpaired) electrons.